The zero-order chi connectivity index (χ0) is 15.3. The van der Waals surface area contributed by atoms with Crippen LogP contribution in [0, 0.1) is 5.41 Å². The molecule has 20 heavy (non-hydrogen) atoms. The van der Waals surface area contributed by atoms with Crippen molar-refractivity contribution in [2.45, 2.75) is 20.8 Å². The van der Waals surface area contributed by atoms with Gasteiger partial charge in [-0.05, 0) is 23.1 Å². The molecule has 5 nitrogen and oxygen atoms in total. The van der Waals surface area contributed by atoms with Crippen LogP contribution in [0.5, 0.6) is 0 Å². The molecule has 0 spiro atoms. The average molecular weight is 276 g/mol. The van der Waals surface area contributed by atoms with Crippen LogP contribution in [0.2, 0.25) is 0 Å². The quantitative estimate of drug-likeness (QED) is 0.857. The molecule has 0 fully saturated rings. The molecule has 0 aliphatic rings. The molecule has 0 radical (unpaired) electrons. The normalized spacial score (nSPS) is 11.6. The fourth-order valence-electron chi connectivity index (χ4n) is 1.78. The van der Waals surface area contributed by atoms with Gasteiger partial charge in [-0.2, -0.15) is 0 Å². The molecule has 1 heterocycles. The Morgan fingerprint density at radius 1 is 1.35 bits per heavy atom. The summed E-state index contributed by atoms with van der Waals surface area (Å²) < 4.78 is 0. The maximum atomic E-state index is 12.2. The van der Waals surface area contributed by atoms with Crippen molar-refractivity contribution in [3.8, 4) is 0 Å². The number of amides is 1. The van der Waals surface area contributed by atoms with Crippen molar-refractivity contribution in [1.82, 2.24) is 9.88 Å². The monoisotopic (exact) mass is 276 g/mol. The number of hydrogen-bond donors (Lipinski definition) is 1. The van der Waals surface area contributed by atoms with E-state index in [-0.39, 0.29) is 11.3 Å². The molecule has 0 aliphatic carbocycles. The zero-order valence-electron chi connectivity index (χ0n) is 12.3. The Morgan fingerprint density at radius 3 is 2.45 bits per heavy atom. The minimum absolute atomic E-state index is 0.0224. The van der Waals surface area contributed by atoms with E-state index in [0.29, 0.717) is 17.8 Å². The van der Waals surface area contributed by atoms with Gasteiger partial charge in [-0.3, -0.25) is 9.78 Å². The zero-order valence-corrected chi connectivity index (χ0v) is 12.3. The van der Waals surface area contributed by atoms with E-state index in [9.17, 15) is 9.59 Å². The lowest BCUT2D eigenvalue weighted by atomic mass is 9.96. The fourth-order valence-corrected chi connectivity index (χ4v) is 1.78. The molecule has 108 valence electrons. The minimum Gasteiger partial charge on any atom is -0.478 e. The molecule has 0 saturated heterocycles. The molecule has 0 aliphatic heterocycles. The Bertz CT molecular complexity index is 513. The second kappa shape index (κ2) is 6.32. The number of nitrogens with zero attached hydrogens (tertiary/aromatic N) is 2. The van der Waals surface area contributed by atoms with E-state index in [0.717, 1.165) is 6.08 Å². The highest BCUT2D eigenvalue weighted by molar-refractivity contribution is 5.92. The van der Waals surface area contributed by atoms with Crippen molar-refractivity contribution in [2.75, 3.05) is 13.6 Å². The number of aromatic nitrogens is 1. The van der Waals surface area contributed by atoms with Gasteiger partial charge >= 0.3 is 5.97 Å². The van der Waals surface area contributed by atoms with Gasteiger partial charge in [0, 0.05) is 25.9 Å². The summed E-state index contributed by atoms with van der Waals surface area (Å²) in [7, 11) is 1.74. The molecular formula is C15H20N2O3. The molecule has 1 aromatic rings. The maximum absolute atomic E-state index is 12.2. The van der Waals surface area contributed by atoms with Crippen LogP contribution in [-0.2, 0) is 4.79 Å². The van der Waals surface area contributed by atoms with Gasteiger partial charge in [0.2, 0.25) is 0 Å². The number of carboxylic acid groups (broad SMARTS) is 1. The molecule has 0 bridgehead atoms. The summed E-state index contributed by atoms with van der Waals surface area (Å²) in [5.74, 6) is -1.16. The number of pyridine rings is 1. The molecule has 5 heteroatoms. The van der Waals surface area contributed by atoms with Crippen LogP contribution in [0.3, 0.4) is 0 Å². The van der Waals surface area contributed by atoms with E-state index in [1.54, 1.807) is 24.1 Å². The van der Waals surface area contributed by atoms with Gasteiger partial charge in [0.05, 0.1) is 0 Å². The van der Waals surface area contributed by atoms with Gasteiger partial charge in [0.25, 0.3) is 5.91 Å². The molecule has 1 rings (SSSR count). The van der Waals surface area contributed by atoms with Crippen LogP contribution in [0.25, 0.3) is 6.08 Å². The van der Waals surface area contributed by atoms with E-state index >= 15 is 0 Å². The number of hydrogen-bond acceptors (Lipinski definition) is 3. The third-order valence-electron chi connectivity index (χ3n) is 2.48. The van der Waals surface area contributed by atoms with Gasteiger partial charge in [-0.1, -0.05) is 26.8 Å². The number of carbonyl (C=O) groups is 2. The minimum atomic E-state index is -1.02. The van der Waals surface area contributed by atoms with Crippen molar-refractivity contribution < 1.29 is 14.7 Å². The van der Waals surface area contributed by atoms with Crippen molar-refractivity contribution >= 4 is 18.0 Å². The van der Waals surface area contributed by atoms with Crippen molar-refractivity contribution in [2.24, 2.45) is 5.41 Å². The number of rotatable bonds is 4. The predicted molar refractivity (Wildman–Crippen MR) is 77.3 cm³/mol. The number of aliphatic carboxylic acids is 1. The lowest BCUT2D eigenvalue weighted by Gasteiger charge is -2.26. The fraction of sp³-hybridized carbons (Fsp3) is 0.400. The Kier molecular flexibility index (Phi) is 5.02. The molecule has 1 N–H and O–H groups in total. The third kappa shape index (κ3) is 5.22. The second-order valence-electron chi connectivity index (χ2n) is 5.87. The summed E-state index contributed by atoms with van der Waals surface area (Å²) in [6.07, 6.45) is 3.95. The van der Waals surface area contributed by atoms with E-state index in [1.807, 2.05) is 0 Å². The Balaban J connectivity index is 2.78. The standard InChI is InChI=1S/C15H20N2O3/c1-15(2,3)10-17(4)14(20)12-7-5-11(9-16-12)6-8-13(18)19/h5-9H,10H2,1-4H3,(H,18,19). The van der Waals surface area contributed by atoms with E-state index < -0.39 is 5.97 Å². The van der Waals surface area contributed by atoms with Crippen LogP contribution < -0.4 is 0 Å². The van der Waals surface area contributed by atoms with Gasteiger partial charge in [-0.15, -0.1) is 0 Å². The molecule has 1 amide bonds. The summed E-state index contributed by atoms with van der Waals surface area (Å²) in [4.78, 5) is 28.3. The van der Waals surface area contributed by atoms with Crippen molar-refractivity contribution in [1.29, 1.82) is 0 Å². The van der Waals surface area contributed by atoms with E-state index in [4.69, 9.17) is 5.11 Å². The largest absolute Gasteiger partial charge is 0.478 e. The highest BCUT2D eigenvalue weighted by Crippen LogP contribution is 2.15. The number of carboxylic acids is 1. The smallest absolute Gasteiger partial charge is 0.328 e. The topological polar surface area (TPSA) is 70.5 Å². The van der Waals surface area contributed by atoms with Gasteiger partial charge in [0.15, 0.2) is 0 Å². The van der Waals surface area contributed by atoms with Crippen LogP contribution in [0.4, 0.5) is 0 Å². The first-order valence-electron chi connectivity index (χ1n) is 6.31. The molecule has 0 saturated carbocycles. The lowest BCUT2D eigenvalue weighted by Crippen LogP contribution is -2.34. The Morgan fingerprint density at radius 2 is 2.00 bits per heavy atom. The summed E-state index contributed by atoms with van der Waals surface area (Å²) in [5, 5.41) is 8.53. The Hall–Kier alpha value is -2.17. The van der Waals surface area contributed by atoms with Crippen molar-refractivity contribution in [3.63, 3.8) is 0 Å². The first-order chi connectivity index (χ1) is 9.19. The summed E-state index contributed by atoms with van der Waals surface area (Å²) in [6.45, 7) is 6.81. The molecule has 0 aromatic carbocycles. The summed E-state index contributed by atoms with van der Waals surface area (Å²) >= 11 is 0. The summed E-state index contributed by atoms with van der Waals surface area (Å²) in [5.41, 5.74) is 1.01. The van der Waals surface area contributed by atoms with Gasteiger partial charge < -0.3 is 10.0 Å². The second-order valence-corrected chi connectivity index (χ2v) is 5.87. The molecule has 0 unspecified atom stereocenters. The maximum Gasteiger partial charge on any atom is 0.328 e. The first kappa shape index (κ1) is 15.9. The highest BCUT2D eigenvalue weighted by Gasteiger charge is 2.19. The van der Waals surface area contributed by atoms with Crippen LogP contribution in [-0.4, -0.2) is 40.5 Å². The van der Waals surface area contributed by atoms with Crippen LogP contribution >= 0.6 is 0 Å². The molecular weight excluding hydrogens is 256 g/mol. The first-order valence-corrected chi connectivity index (χ1v) is 6.31. The van der Waals surface area contributed by atoms with Crippen molar-refractivity contribution in [3.05, 3.63) is 35.7 Å². The Labute approximate surface area is 118 Å². The van der Waals surface area contributed by atoms with Gasteiger partial charge in [0.1, 0.15) is 5.69 Å². The average Bonchev–Trinajstić information content (AvgIpc) is 2.34. The lowest BCUT2D eigenvalue weighted by molar-refractivity contribution is -0.131. The van der Waals surface area contributed by atoms with Gasteiger partial charge in [-0.25, -0.2) is 4.79 Å². The number of carbonyl (C=O) groups excluding carboxylic acids is 1. The molecule has 0 atom stereocenters. The predicted octanol–water partition coefficient (Wildman–Crippen LogP) is 2.30. The molecule has 1 aromatic heterocycles. The van der Waals surface area contributed by atoms with Crippen LogP contribution in [0.1, 0.15) is 36.8 Å². The highest BCUT2D eigenvalue weighted by atomic mass is 16.4. The van der Waals surface area contributed by atoms with E-state index in [2.05, 4.69) is 25.8 Å². The summed E-state index contributed by atoms with van der Waals surface area (Å²) in [6, 6.07) is 3.27. The third-order valence-corrected chi connectivity index (χ3v) is 2.48. The van der Waals surface area contributed by atoms with Crippen LogP contribution in [0.15, 0.2) is 24.4 Å². The van der Waals surface area contributed by atoms with E-state index in [1.165, 1.54) is 12.3 Å². The SMILES string of the molecule is CN(CC(C)(C)C)C(=O)c1ccc(C=CC(=O)O)cn1.